The van der Waals surface area contributed by atoms with Gasteiger partial charge in [-0.1, -0.05) is 70.9 Å². The van der Waals surface area contributed by atoms with Gasteiger partial charge >= 0.3 is 5.97 Å². The molecule has 2 aliphatic carbocycles. The third-order valence-corrected chi connectivity index (χ3v) is 7.71. The number of benzene rings is 1. The molecule has 0 spiro atoms. The average molecular weight is 413 g/mol. The Bertz CT molecular complexity index is 604. The fourth-order valence-corrected chi connectivity index (χ4v) is 5.61. The molecule has 0 aliphatic heterocycles. The van der Waals surface area contributed by atoms with E-state index in [1.165, 1.54) is 89.0 Å². The zero-order valence-electron chi connectivity index (χ0n) is 19.5. The summed E-state index contributed by atoms with van der Waals surface area (Å²) in [5.74, 6) is 2.34. The number of carbonyl (C=O) groups excluding carboxylic acids is 1. The summed E-state index contributed by atoms with van der Waals surface area (Å²) in [6.07, 6.45) is 19.5. The van der Waals surface area contributed by atoms with E-state index in [4.69, 9.17) is 4.74 Å². The number of carbonyl (C=O) groups is 1. The smallest absolute Gasteiger partial charge is 0.338 e. The second-order valence-electron chi connectivity index (χ2n) is 10.0. The Balaban J connectivity index is 1.41. The molecule has 1 aromatic rings. The van der Waals surface area contributed by atoms with Crippen LogP contribution in [0.25, 0.3) is 0 Å². The Morgan fingerprint density at radius 2 is 1.33 bits per heavy atom. The van der Waals surface area contributed by atoms with E-state index in [9.17, 15) is 4.79 Å². The maximum absolute atomic E-state index is 12.6. The van der Waals surface area contributed by atoms with Crippen LogP contribution in [0.5, 0.6) is 0 Å². The second kappa shape index (κ2) is 12.5. The maximum atomic E-state index is 12.6. The molecule has 0 aromatic heterocycles. The van der Waals surface area contributed by atoms with Crippen LogP contribution >= 0.6 is 0 Å². The van der Waals surface area contributed by atoms with Gasteiger partial charge in [0.15, 0.2) is 0 Å². The van der Waals surface area contributed by atoms with Crippen molar-refractivity contribution in [1.82, 2.24) is 0 Å². The van der Waals surface area contributed by atoms with Gasteiger partial charge in [-0.05, 0) is 86.8 Å². The zero-order chi connectivity index (χ0) is 21.2. The Labute approximate surface area is 185 Å². The van der Waals surface area contributed by atoms with Crippen molar-refractivity contribution in [2.45, 2.75) is 122 Å². The third kappa shape index (κ3) is 7.13. The summed E-state index contributed by atoms with van der Waals surface area (Å²) >= 11 is 0. The number of unbranched alkanes of at least 4 members (excludes halogenated alkanes) is 3. The molecule has 0 atom stereocenters. The van der Waals surface area contributed by atoms with Gasteiger partial charge in [-0.3, -0.25) is 0 Å². The minimum Gasteiger partial charge on any atom is -0.459 e. The van der Waals surface area contributed by atoms with Crippen LogP contribution in [0.3, 0.4) is 0 Å². The van der Waals surface area contributed by atoms with Crippen molar-refractivity contribution in [3.05, 3.63) is 35.4 Å². The Hall–Kier alpha value is -1.31. The van der Waals surface area contributed by atoms with Crippen LogP contribution in [-0.4, -0.2) is 12.1 Å². The monoisotopic (exact) mass is 412 g/mol. The van der Waals surface area contributed by atoms with Crippen LogP contribution < -0.4 is 0 Å². The van der Waals surface area contributed by atoms with Gasteiger partial charge in [-0.15, -0.1) is 0 Å². The molecule has 2 heteroatoms. The van der Waals surface area contributed by atoms with Crippen LogP contribution in [0, 0.1) is 11.8 Å². The summed E-state index contributed by atoms with van der Waals surface area (Å²) < 4.78 is 5.84. The molecular formula is C28H44O2. The summed E-state index contributed by atoms with van der Waals surface area (Å²) in [7, 11) is 0. The Morgan fingerprint density at radius 1 is 0.767 bits per heavy atom. The highest BCUT2D eigenvalue weighted by molar-refractivity contribution is 5.89. The van der Waals surface area contributed by atoms with Crippen LogP contribution in [0.4, 0.5) is 0 Å². The first kappa shape index (κ1) is 23.4. The predicted octanol–water partition coefficient (Wildman–Crippen LogP) is 8.45. The maximum Gasteiger partial charge on any atom is 0.338 e. The second-order valence-corrected chi connectivity index (χ2v) is 10.0. The molecule has 1 aromatic carbocycles. The molecule has 168 valence electrons. The predicted molar refractivity (Wildman–Crippen MR) is 126 cm³/mol. The molecule has 2 saturated carbocycles. The van der Waals surface area contributed by atoms with Crippen LogP contribution in [0.2, 0.25) is 0 Å². The number of hydrogen-bond acceptors (Lipinski definition) is 2. The minimum absolute atomic E-state index is 0.123. The van der Waals surface area contributed by atoms with E-state index >= 15 is 0 Å². The topological polar surface area (TPSA) is 26.3 Å². The third-order valence-electron chi connectivity index (χ3n) is 7.71. The minimum atomic E-state index is -0.127. The quantitative estimate of drug-likeness (QED) is 0.284. The van der Waals surface area contributed by atoms with Crippen molar-refractivity contribution in [1.29, 1.82) is 0 Å². The molecule has 2 fully saturated rings. The highest BCUT2D eigenvalue weighted by Gasteiger charge is 2.25. The van der Waals surface area contributed by atoms with E-state index in [0.29, 0.717) is 5.92 Å². The highest BCUT2D eigenvalue weighted by Crippen LogP contribution is 2.38. The van der Waals surface area contributed by atoms with Crippen molar-refractivity contribution >= 4 is 5.97 Å². The zero-order valence-corrected chi connectivity index (χ0v) is 19.5. The number of esters is 1. The Morgan fingerprint density at radius 3 is 1.93 bits per heavy atom. The van der Waals surface area contributed by atoms with E-state index < -0.39 is 0 Å². The molecular weight excluding hydrogens is 368 g/mol. The number of hydrogen-bond donors (Lipinski definition) is 0. The highest BCUT2D eigenvalue weighted by atomic mass is 16.5. The van der Waals surface area contributed by atoms with E-state index in [0.717, 1.165) is 30.2 Å². The van der Waals surface area contributed by atoms with Gasteiger partial charge in [0.1, 0.15) is 6.10 Å². The first-order valence-corrected chi connectivity index (χ1v) is 13.0. The average Bonchev–Trinajstić information content (AvgIpc) is 2.79. The van der Waals surface area contributed by atoms with Gasteiger partial charge in [-0.25, -0.2) is 4.79 Å². The molecule has 0 radical (unpaired) electrons. The fraction of sp³-hybridized carbons (Fsp3) is 0.750. The molecule has 0 N–H and O–H groups in total. The van der Waals surface area contributed by atoms with E-state index in [1.807, 2.05) is 12.1 Å². The van der Waals surface area contributed by atoms with Crippen molar-refractivity contribution in [3.63, 3.8) is 0 Å². The van der Waals surface area contributed by atoms with Gasteiger partial charge in [0.05, 0.1) is 5.56 Å². The summed E-state index contributed by atoms with van der Waals surface area (Å²) in [6, 6.07) is 8.36. The standard InChI is InChI=1S/C28H44O2/c1-3-5-7-9-23-10-14-24(15-11-23)25-16-18-26(19-17-25)28(29)30-27-20-12-22(13-21-27)8-6-4-2/h16-19,22-24,27H,3-15,20-21H2,1-2H3. The van der Waals surface area contributed by atoms with Crippen molar-refractivity contribution in [2.24, 2.45) is 11.8 Å². The Kier molecular flexibility index (Phi) is 9.75. The largest absolute Gasteiger partial charge is 0.459 e. The van der Waals surface area contributed by atoms with E-state index in [2.05, 4.69) is 26.0 Å². The SMILES string of the molecule is CCCCCC1CCC(c2ccc(C(=O)OC3CCC(CCCC)CC3)cc2)CC1. The molecule has 2 nitrogen and oxygen atoms in total. The van der Waals surface area contributed by atoms with Crippen LogP contribution in [0.1, 0.15) is 132 Å². The molecule has 3 rings (SSSR count). The summed E-state index contributed by atoms with van der Waals surface area (Å²) in [6.45, 7) is 4.55. The van der Waals surface area contributed by atoms with Gasteiger partial charge in [0, 0.05) is 0 Å². The van der Waals surface area contributed by atoms with E-state index in [-0.39, 0.29) is 12.1 Å². The van der Waals surface area contributed by atoms with Crippen molar-refractivity contribution < 1.29 is 9.53 Å². The molecule has 0 amide bonds. The first-order valence-electron chi connectivity index (χ1n) is 13.0. The lowest BCUT2D eigenvalue weighted by Crippen LogP contribution is -2.24. The first-order chi connectivity index (χ1) is 14.7. The lowest BCUT2D eigenvalue weighted by molar-refractivity contribution is 0.0161. The summed E-state index contributed by atoms with van der Waals surface area (Å²) in [4.78, 5) is 12.6. The van der Waals surface area contributed by atoms with Gasteiger partial charge in [0.2, 0.25) is 0 Å². The normalized spacial score (nSPS) is 27.0. The van der Waals surface area contributed by atoms with E-state index in [1.54, 1.807) is 0 Å². The fourth-order valence-electron chi connectivity index (χ4n) is 5.61. The molecule has 0 unspecified atom stereocenters. The van der Waals surface area contributed by atoms with Crippen LogP contribution in [-0.2, 0) is 4.74 Å². The van der Waals surface area contributed by atoms with Gasteiger partial charge in [0.25, 0.3) is 0 Å². The van der Waals surface area contributed by atoms with Gasteiger partial charge in [-0.2, -0.15) is 0 Å². The summed E-state index contributed by atoms with van der Waals surface area (Å²) in [5.41, 5.74) is 2.13. The molecule has 0 bridgehead atoms. The molecule has 0 saturated heterocycles. The lowest BCUT2D eigenvalue weighted by Gasteiger charge is -2.29. The molecule has 2 aliphatic rings. The van der Waals surface area contributed by atoms with Gasteiger partial charge < -0.3 is 4.74 Å². The molecule has 30 heavy (non-hydrogen) atoms. The number of rotatable bonds is 10. The van der Waals surface area contributed by atoms with Crippen molar-refractivity contribution in [3.8, 4) is 0 Å². The number of ether oxygens (including phenoxy) is 1. The molecule has 0 heterocycles. The van der Waals surface area contributed by atoms with Crippen LogP contribution in [0.15, 0.2) is 24.3 Å². The van der Waals surface area contributed by atoms with Crippen molar-refractivity contribution in [2.75, 3.05) is 0 Å². The lowest BCUT2D eigenvalue weighted by atomic mass is 9.77. The summed E-state index contributed by atoms with van der Waals surface area (Å²) in [5, 5.41) is 0.